The smallest absolute Gasteiger partial charge is 0.326 e. The molecule has 0 spiro atoms. The summed E-state index contributed by atoms with van der Waals surface area (Å²) in [7, 11) is 0. The van der Waals surface area contributed by atoms with Crippen LogP contribution >= 0.6 is 11.3 Å². The summed E-state index contributed by atoms with van der Waals surface area (Å²) in [4.78, 5) is 30.6. The van der Waals surface area contributed by atoms with Crippen LogP contribution in [0.15, 0.2) is 4.79 Å². The van der Waals surface area contributed by atoms with Gasteiger partial charge in [-0.05, 0) is 38.2 Å². The number of carbonyl (C=O) groups is 1. The number of carboxylic acids is 1. The molecule has 0 saturated carbocycles. The number of hydrogen-bond donors (Lipinski definition) is 1. The van der Waals surface area contributed by atoms with E-state index in [2.05, 4.69) is 4.98 Å². The molecule has 0 bridgehead atoms. The third-order valence-corrected chi connectivity index (χ3v) is 5.12. The molecule has 2 aromatic heterocycles. The number of carboxylic acid groups (broad SMARTS) is 1. The van der Waals surface area contributed by atoms with Gasteiger partial charge < -0.3 is 5.11 Å². The van der Waals surface area contributed by atoms with Crippen molar-refractivity contribution in [2.75, 3.05) is 0 Å². The summed E-state index contributed by atoms with van der Waals surface area (Å²) in [5, 5.41) is 9.95. The highest BCUT2D eigenvalue weighted by molar-refractivity contribution is 7.18. The van der Waals surface area contributed by atoms with Crippen LogP contribution < -0.4 is 5.56 Å². The van der Waals surface area contributed by atoms with Gasteiger partial charge >= 0.3 is 5.97 Å². The Labute approximate surface area is 119 Å². The first-order valence-corrected chi connectivity index (χ1v) is 7.62. The number of fused-ring (bicyclic) bond motifs is 3. The SMILES string of the molecule is CCC(C(=O)O)n1c(C)nc2sc3c(c2c1=O)CCC3. The van der Waals surface area contributed by atoms with Gasteiger partial charge in [-0.25, -0.2) is 9.78 Å². The van der Waals surface area contributed by atoms with E-state index in [1.807, 2.05) is 0 Å². The zero-order valence-electron chi connectivity index (χ0n) is 11.5. The highest BCUT2D eigenvalue weighted by atomic mass is 32.1. The molecule has 3 rings (SSSR count). The van der Waals surface area contributed by atoms with E-state index in [9.17, 15) is 14.7 Å². The van der Waals surface area contributed by atoms with Crippen LogP contribution in [0, 0.1) is 6.92 Å². The molecule has 2 heterocycles. The van der Waals surface area contributed by atoms with Crippen LogP contribution in [-0.4, -0.2) is 20.6 Å². The van der Waals surface area contributed by atoms with Gasteiger partial charge in [-0.3, -0.25) is 9.36 Å². The van der Waals surface area contributed by atoms with E-state index in [-0.39, 0.29) is 5.56 Å². The number of nitrogens with zero attached hydrogens (tertiary/aromatic N) is 2. The maximum absolute atomic E-state index is 12.7. The lowest BCUT2D eigenvalue weighted by molar-refractivity contribution is -0.141. The minimum absolute atomic E-state index is 0.193. The Morgan fingerprint density at radius 3 is 2.90 bits per heavy atom. The van der Waals surface area contributed by atoms with Gasteiger partial charge in [0.2, 0.25) is 0 Å². The summed E-state index contributed by atoms with van der Waals surface area (Å²) in [5.74, 6) is -0.498. The predicted molar refractivity (Wildman–Crippen MR) is 77.6 cm³/mol. The maximum atomic E-state index is 12.7. The Morgan fingerprint density at radius 1 is 1.50 bits per heavy atom. The third-order valence-electron chi connectivity index (χ3n) is 3.93. The fraction of sp³-hybridized carbons (Fsp3) is 0.500. The van der Waals surface area contributed by atoms with Gasteiger partial charge in [0.25, 0.3) is 5.56 Å². The Bertz CT molecular complexity index is 760. The lowest BCUT2D eigenvalue weighted by Crippen LogP contribution is -2.32. The van der Waals surface area contributed by atoms with E-state index < -0.39 is 12.0 Å². The van der Waals surface area contributed by atoms with Crippen molar-refractivity contribution >= 4 is 27.5 Å². The Hall–Kier alpha value is -1.69. The highest BCUT2D eigenvalue weighted by Gasteiger charge is 2.26. The summed E-state index contributed by atoms with van der Waals surface area (Å²) in [6.45, 7) is 3.48. The molecule has 1 aliphatic rings. The second kappa shape index (κ2) is 4.70. The molecule has 1 aliphatic carbocycles. The van der Waals surface area contributed by atoms with E-state index >= 15 is 0 Å². The molecular weight excluding hydrogens is 276 g/mol. The normalized spacial score (nSPS) is 15.5. The lowest BCUT2D eigenvalue weighted by atomic mass is 10.1. The van der Waals surface area contributed by atoms with E-state index in [1.54, 1.807) is 25.2 Å². The summed E-state index contributed by atoms with van der Waals surface area (Å²) < 4.78 is 1.34. The monoisotopic (exact) mass is 292 g/mol. The minimum atomic E-state index is -0.981. The molecule has 0 amide bonds. The second-order valence-electron chi connectivity index (χ2n) is 5.13. The standard InChI is InChI=1S/C14H16N2O3S/c1-3-9(14(18)19)16-7(2)15-12-11(13(16)17)8-5-4-6-10(8)20-12/h9H,3-6H2,1-2H3,(H,18,19). The molecule has 1 unspecified atom stereocenters. The van der Waals surface area contributed by atoms with Crippen molar-refractivity contribution in [1.29, 1.82) is 0 Å². The molecule has 0 aliphatic heterocycles. The molecule has 1 atom stereocenters. The summed E-state index contributed by atoms with van der Waals surface area (Å²) in [5.41, 5.74) is 0.901. The summed E-state index contributed by atoms with van der Waals surface area (Å²) in [6.07, 6.45) is 3.35. The van der Waals surface area contributed by atoms with E-state index in [0.29, 0.717) is 17.6 Å². The first-order valence-electron chi connectivity index (χ1n) is 6.80. The van der Waals surface area contributed by atoms with Crippen molar-refractivity contribution in [2.24, 2.45) is 0 Å². The number of thiophene rings is 1. The molecule has 0 saturated heterocycles. The topological polar surface area (TPSA) is 72.2 Å². The first kappa shape index (κ1) is 13.3. The first-order chi connectivity index (χ1) is 9.54. The average molecular weight is 292 g/mol. The molecule has 0 aromatic carbocycles. The Balaban J connectivity index is 2.33. The Kier molecular flexibility index (Phi) is 3.12. The summed E-state index contributed by atoms with van der Waals surface area (Å²) in [6, 6.07) is -0.837. The number of hydrogen-bond acceptors (Lipinski definition) is 4. The van der Waals surface area contributed by atoms with Crippen LogP contribution in [0.4, 0.5) is 0 Å². The second-order valence-corrected chi connectivity index (χ2v) is 6.22. The molecule has 106 valence electrons. The van der Waals surface area contributed by atoms with Gasteiger partial charge in [-0.1, -0.05) is 6.92 Å². The van der Waals surface area contributed by atoms with Crippen molar-refractivity contribution in [2.45, 2.75) is 45.6 Å². The molecule has 2 aromatic rings. The summed E-state index contributed by atoms with van der Waals surface area (Å²) >= 11 is 1.58. The number of aryl methyl sites for hydroxylation is 3. The zero-order valence-corrected chi connectivity index (χ0v) is 12.3. The van der Waals surface area contributed by atoms with Crippen molar-refractivity contribution in [3.63, 3.8) is 0 Å². The van der Waals surface area contributed by atoms with E-state index in [1.165, 1.54) is 9.44 Å². The molecule has 5 nitrogen and oxygen atoms in total. The minimum Gasteiger partial charge on any atom is -0.480 e. The van der Waals surface area contributed by atoms with Gasteiger partial charge in [0.05, 0.1) is 5.39 Å². The molecule has 0 fully saturated rings. The predicted octanol–water partition coefficient (Wildman–Crippen LogP) is 2.29. The Morgan fingerprint density at radius 2 is 2.25 bits per heavy atom. The quantitative estimate of drug-likeness (QED) is 0.942. The maximum Gasteiger partial charge on any atom is 0.326 e. The van der Waals surface area contributed by atoms with Crippen LogP contribution in [0.5, 0.6) is 0 Å². The lowest BCUT2D eigenvalue weighted by Gasteiger charge is -2.16. The molecule has 20 heavy (non-hydrogen) atoms. The van der Waals surface area contributed by atoms with E-state index in [4.69, 9.17) is 0 Å². The van der Waals surface area contributed by atoms with Crippen molar-refractivity contribution in [3.8, 4) is 0 Å². The van der Waals surface area contributed by atoms with Crippen LogP contribution in [-0.2, 0) is 17.6 Å². The van der Waals surface area contributed by atoms with Gasteiger partial charge in [0, 0.05) is 4.88 Å². The van der Waals surface area contributed by atoms with E-state index in [0.717, 1.165) is 29.7 Å². The van der Waals surface area contributed by atoms with Crippen LogP contribution in [0.1, 0.15) is 42.1 Å². The largest absolute Gasteiger partial charge is 0.480 e. The zero-order chi connectivity index (χ0) is 14.4. The highest BCUT2D eigenvalue weighted by Crippen LogP contribution is 2.35. The van der Waals surface area contributed by atoms with Gasteiger partial charge in [0.15, 0.2) is 0 Å². The number of aliphatic carboxylic acids is 1. The van der Waals surface area contributed by atoms with Crippen LogP contribution in [0.25, 0.3) is 10.2 Å². The number of aromatic nitrogens is 2. The van der Waals surface area contributed by atoms with Gasteiger partial charge in [0.1, 0.15) is 16.7 Å². The fourth-order valence-electron chi connectivity index (χ4n) is 2.99. The molecular formula is C14H16N2O3S. The molecule has 0 radical (unpaired) electrons. The van der Waals surface area contributed by atoms with Gasteiger partial charge in [-0.15, -0.1) is 11.3 Å². The van der Waals surface area contributed by atoms with Crippen LogP contribution in [0.2, 0.25) is 0 Å². The van der Waals surface area contributed by atoms with Crippen molar-refractivity contribution in [3.05, 3.63) is 26.6 Å². The van der Waals surface area contributed by atoms with Crippen LogP contribution in [0.3, 0.4) is 0 Å². The van der Waals surface area contributed by atoms with Crippen molar-refractivity contribution < 1.29 is 9.90 Å². The molecule has 6 heteroatoms. The van der Waals surface area contributed by atoms with Crippen molar-refractivity contribution in [1.82, 2.24) is 9.55 Å². The van der Waals surface area contributed by atoms with Gasteiger partial charge in [-0.2, -0.15) is 0 Å². The number of rotatable bonds is 3. The third kappa shape index (κ3) is 1.78. The average Bonchev–Trinajstić information content (AvgIpc) is 2.93. The fourth-order valence-corrected chi connectivity index (χ4v) is 4.29. The molecule has 1 N–H and O–H groups in total.